The van der Waals surface area contributed by atoms with E-state index < -0.39 is 0 Å². The SMILES string of the molecule is Cc1nc(-c2cccc(NC(=O)[C@@H]3CCCCN3)c2)n[nH]1. The van der Waals surface area contributed by atoms with Crippen LogP contribution in [0.4, 0.5) is 5.69 Å². The summed E-state index contributed by atoms with van der Waals surface area (Å²) in [5.41, 5.74) is 1.65. The Balaban J connectivity index is 1.72. The molecule has 1 atom stereocenters. The minimum absolute atomic E-state index is 0.0259. The van der Waals surface area contributed by atoms with E-state index >= 15 is 0 Å². The molecule has 21 heavy (non-hydrogen) atoms. The Morgan fingerprint density at radius 2 is 2.29 bits per heavy atom. The molecule has 1 aliphatic rings. The minimum Gasteiger partial charge on any atom is -0.325 e. The average molecular weight is 285 g/mol. The van der Waals surface area contributed by atoms with E-state index in [0.717, 1.165) is 42.9 Å². The van der Waals surface area contributed by atoms with E-state index in [1.165, 1.54) is 0 Å². The van der Waals surface area contributed by atoms with E-state index in [2.05, 4.69) is 25.8 Å². The first-order valence-electron chi connectivity index (χ1n) is 7.26. The first-order valence-corrected chi connectivity index (χ1v) is 7.26. The van der Waals surface area contributed by atoms with Crippen molar-refractivity contribution >= 4 is 11.6 Å². The number of piperidine rings is 1. The maximum absolute atomic E-state index is 12.2. The summed E-state index contributed by atoms with van der Waals surface area (Å²) in [7, 11) is 0. The number of H-pyrrole nitrogens is 1. The molecule has 0 spiro atoms. The number of carbonyl (C=O) groups is 1. The van der Waals surface area contributed by atoms with Crippen molar-refractivity contribution in [2.45, 2.75) is 32.2 Å². The highest BCUT2D eigenvalue weighted by atomic mass is 16.2. The zero-order valence-corrected chi connectivity index (χ0v) is 12.0. The molecular formula is C15H19N5O. The molecule has 0 radical (unpaired) electrons. The number of carbonyl (C=O) groups excluding carboxylic acids is 1. The number of nitrogens with one attached hydrogen (secondary N) is 3. The van der Waals surface area contributed by atoms with Crippen molar-refractivity contribution in [2.75, 3.05) is 11.9 Å². The van der Waals surface area contributed by atoms with E-state index in [-0.39, 0.29) is 11.9 Å². The molecule has 6 heteroatoms. The Morgan fingerprint density at radius 3 is 3.00 bits per heavy atom. The predicted octanol–water partition coefficient (Wildman–Crippen LogP) is 1.86. The average Bonchev–Trinajstić information content (AvgIpc) is 2.95. The number of aryl methyl sites for hydroxylation is 1. The number of aromatic nitrogens is 3. The van der Waals surface area contributed by atoms with E-state index in [4.69, 9.17) is 0 Å². The fourth-order valence-corrected chi connectivity index (χ4v) is 2.51. The van der Waals surface area contributed by atoms with Gasteiger partial charge in [-0.05, 0) is 38.4 Å². The molecule has 110 valence electrons. The number of hydrogen-bond donors (Lipinski definition) is 3. The first kappa shape index (κ1) is 13.8. The lowest BCUT2D eigenvalue weighted by molar-refractivity contribution is -0.118. The zero-order valence-electron chi connectivity index (χ0n) is 12.0. The van der Waals surface area contributed by atoms with Crippen LogP contribution in [-0.2, 0) is 4.79 Å². The summed E-state index contributed by atoms with van der Waals surface area (Å²) in [4.78, 5) is 16.5. The highest BCUT2D eigenvalue weighted by Crippen LogP contribution is 2.20. The Morgan fingerprint density at radius 1 is 1.38 bits per heavy atom. The number of anilines is 1. The molecule has 2 heterocycles. The Kier molecular flexibility index (Phi) is 3.96. The highest BCUT2D eigenvalue weighted by molar-refractivity contribution is 5.95. The second-order valence-corrected chi connectivity index (χ2v) is 5.32. The van der Waals surface area contributed by atoms with Gasteiger partial charge in [-0.1, -0.05) is 18.6 Å². The van der Waals surface area contributed by atoms with Crippen LogP contribution in [0.25, 0.3) is 11.4 Å². The Bertz CT molecular complexity index is 630. The normalized spacial score (nSPS) is 18.4. The van der Waals surface area contributed by atoms with Crippen LogP contribution in [-0.4, -0.2) is 33.7 Å². The van der Waals surface area contributed by atoms with E-state index in [9.17, 15) is 4.79 Å². The van der Waals surface area contributed by atoms with Crippen molar-refractivity contribution in [1.82, 2.24) is 20.5 Å². The quantitative estimate of drug-likeness (QED) is 0.804. The summed E-state index contributed by atoms with van der Waals surface area (Å²) >= 11 is 0. The molecule has 6 nitrogen and oxygen atoms in total. The third-order valence-electron chi connectivity index (χ3n) is 3.61. The lowest BCUT2D eigenvalue weighted by Gasteiger charge is -2.22. The van der Waals surface area contributed by atoms with Crippen molar-refractivity contribution in [1.29, 1.82) is 0 Å². The third kappa shape index (κ3) is 3.28. The number of rotatable bonds is 3. The largest absolute Gasteiger partial charge is 0.325 e. The van der Waals surface area contributed by atoms with Gasteiger partial charge < -0.3 is 10.6 Å². The van der Waals surface area contributed by atoms with Crippen molar-refractivity contribution in [3.63, 3.8) is 0 Å². The van der Waals surface area contributed by atoms with Crippen LogP contribution >= 0.6 is 0 Å². The molecule has 0 bridgehead atoms. The fourth-order valence-electron chi connectivity index (χ4n) is 2.51. The number of aromatic amines is 1. The molecule has 1 fully saturated rings. The summed E-state index contributed by atoms with van der Waals surface area (Å²) in [6, 6.07) is 7.50. The van der Waals surface area contributed by atoms with Crippen molar-refractivity contribution in [3.05, 3.63) is 30.1 Å². The first-order chi connectivity index (χ1) is 10.2. The van der Waals surface area contributed by atoms with E-state index in [0.29, 0.717) is 5.82 Å². The smallest absolute Gasteiger partial charge is 0.241 e. The van der Waals surface area contributed by atoms with Gasteiger partial charge in [-0.2, -0.15) is 5.10 Å². The number of hydrogen-bond acceptors (Lipinski definition) is 4. The monoisotopic (exact) mass is 285 g/mol. The summed E-state index contributed by atoms with van der Waals surface area (Å²) < 4.78 is 0. The summed E-state index contributed by atoms with van der Waals surface area (Å²) in [6.45, 7) is 2.77. The fraction of sp³-hybridized carbons (Fsp3) is 0.400. The van der Waals surface area contributed by atoms with Gasteiger partial charge >= 0.3 is 0 Å². The Hall–Kier alpha value is -2.21. The topological polar surface area (TPSA) is 82.7 Å². The number of benzene rings is 1. The minimum atomic E-state index is -0.0897. The third-order valence-corrected chi connectivity index (χ3v) is 3.61. The molecule has 1 aliphatic heterocycles. The maximum atomic E-state index is 12.2. The van der Waals surface area contributed by atoms with Gasteiger partial charge in [0.2, 0.25) is 5.91 Å². The van der Waals surface area contributed by atoms with Crippen LogP contribution in [0.1, 0.15) is 25.1 Å². The molecular weight excluding hydrogens is 266 g/mol. The highest BCUT2D eigenvalue weighted by Gasteiger charge is 2.20. The van der Waals surface area contributed by atoms with Gasteiger partial charge in [0.05, 0.1) is 6.04 Å². The second-order valence-electron chi connectivity index (χ2n) is 5.32. The van der Waals surface area contributed by atoms with Gasteiger partial charge in [-0.15, -0.1) is 0 Å². The van der Waals surface area contributed by atoms with Crippen LogP contribution in [0.2, 0.25) is 0 Å². The summed E-state index contributed by atoms with van der Waals surface area (Å²) in [5.74, 6) is 1.43. The van der Waals surface area contributed by atoms with E-state index in [1.54, 1.807) is 0 Å². The molecule has 1 saturated heterocycles. The molecule has 1 aromatic carbocycles. The molecule has 3 N–H and O–H groups in total. The standard InChI is InChI=1S/C15H19N5O/c1-10-17-14(20-19-10)11-5-4-6-12(9-11)18-15(21)13-7-2-3-8-16-13/h4-6,9,13,16H,2-3,7-8H2,1H3,(H,18,21)(H,17,19,20)/t13-/m0/s1. The molecule has 1 amide bonds. The van der Waals surface area contributed by atoms with Crippen LogP contribution in [0, 0.1) is 6.92 Å². The van der Waals surface area contributed by atoms with Crippen LogP contribution < -0.4 is 10.6 Å². The number of nitrogens with zero attached hydrogens (tertiary/aromatic N) is 2. The van der Waals surface area contributed by atoms with E-state index in [1.807, 2.05) is 31.2 Å². The Labute approximate surface area is 123 Å². The summed E-state index contributed by atoms with van der Waals surface area (Å²) in [6.07, 6.45) is 3.14. The van der Waals surface area contributed by atoms with Crippen molar-refractivity contribution in [3.8, 4) is 11.4 Å². The van der Waals surface area contributed by atoms with Gasteiger partial charge in [0, 0.05) is 11.3 Å². The molecule has 0 saturated carbocycles. The number of amides is 1. The molecule has 3 rings (SSSR count). The van der Waals surface area contributed by atoms with Crippen LogP contribution in [0.5, 0.6) is 0 Å². The van der Waals surface area contributed by atoms with Crippen molar-refractivity contribution in [2.24, 2.45) is 0 Å². The lowest BCUT2D eigenvalue weighted by atomic mass is 10.0. The zero-order chi connectivity index (χ0) is 14.7. The molecule has 0 unspecified atom stereocenters. The second kappa shape index (κ2) is 6.05. The maximum Gasteiger partial charge on any atom is 0.241 e. The lowest BCUT2D eigenvalue weighted by Crippen LogP contribution is -2.43. The van der Waals surface area contributed by atoms with Gasteiger partial charge in [0.15, 0.2) is 5.82 Å². The predicted molar refractivity (Wildman–Crippen MR) is 80.8 cm³/mol. The van der Waals surface area contributed by atoms with Crippen molar-refractivity contribution < 1.29 is 4.79 Å². The van der Waals surface area contributed by atoms with Crippen LogP contribution in [0.15, 0.2) is 24.3 Å². The molecule has 1 aromatic heterocycles. The van der Waals surface area contributed by atoms with Gasteiger partial charge in [0.25, 0.3) is 0 Å². The van der Waals surface area contributed by atoms with Crippen LogP contribution in [0.3, 0.4) is 0 Å². The van der Waals surface area contributed by atoms with Gasteiger partial charge in [0.1, 0.15) is 5.82 Å². The summed E-state index contributed by atoms with van der Waals surface area (Å²) in [5, 5.41) is 13.2. The molecule has 0 aliphatic carbocycles. The molecule has 2 aromatic rings. The van der Waals surface area contributed by atoms with Gasteiger partial charge in [-0.25, -0.2) is 4.98 Å². The van der Waals surface area contributed by atoms with Gasteiger partial charge in [-0.3, -0.25) is 9.89 Å².